The summed E-state index contributed by atoms with van der Waals surface area (Å²) in [6.07, 6.45) is 34.5. The molecule has 2 nitrogen and oxygen atoms in total. The lowest BCUT2D eigenvalue weighted by Gasteiger charge is -2.28. The molecule has 0 spiro atoms. The van der Waals surface area contributed by atoms with Crippen LogP contribution in [0.15, 0.2) is 0 Å². The zero-order valence-corrected chi connectivity index (χ0v) is 23.9. The van der Waals surface area contributed by atoms with Crippen LogP contribution < -0.4 is 0 Å². The first-order chi connectivity index (χ1) is 16.7. The molecule has 0 saturated heterocycles. The standard InChI is InChI=1S/C32H64O2/c1-4-7-10-12-14-15-16-18-22-26-30(25-9-6-3)31(27-21-17-13-11-8-5-2)28-23-19-20-24-29-32(33)34/h30-31H,4-29H2,1-3H3,(H,33,34). The van der Waals surface area contributed by atoms with Crippen molar-refractivity contribution in [2.45, 2.75) is 188 Å². The minimum Gasteiger partial charge on any atom is -0.481 e. The Labute approximate surface area is 215 Å². The Balaban J connectivity index is 4.45. The summed E-state index contributed by atoms with van der Waals surface area (Å²) in [4.78, 5) is 10.8. The highest BCUT2D eigenvalue weighted by Gasteiger charge is 2.20. The average Bonchev–Trinajstić information content (AvgIpc) is 2.83. The minimum absolute atomic E-state index is 0.346. The van der Waals surface area contributed by atoms with Gasteiger partial charge in [-0.1, -0.05) is 175 Å². The number of unbranched alkanes of at least 4 members (excludes halogenated alkanes) is 17. The lowest BCUT2D eigenvalue weighted by Crippen LogP contribution is -2.16. The zero-order valence-electron chi connectivity index (χ0n) is 23.9. The van der Waals surface area contributed by atoms with E-state index in [1.54, 1.807) is 0 Å². The molecule has 0 aliphatic rings. The van der Waals surface area contributed by atoms with Crippen molar-refractivity contribution in [3.8, 4) is 0 Å². The molecule has 2 heteroatoms. The van der Waals surface area contributed by atoms with Crippen LogP contribution in [0.4, 0.5) is 0 Å². The quantitative estimate of drug-likeness (QED) is 0.113. The first-order valence-corrected chi connectivity index (χ1v) is 15.9. The first-order valence-electron chi connectivity index (χ1n) is 15.9. The van der Waals surface area contributed by atoms with Crippen molar-refractivity contribution in [2.75, 3.05) is 0 Å². The Kier molecular flexibility index (Phi) is 26.6. The monoisotopic (exact) mass is 480 g/mol. The second-order valence-electron chi connectivity index (χ2n) is 11.2. The summed E-state index contributed by atoms with van der Waals surface area (Å²) in [6, 6.07) is 0. The molecule has 0 fully saturated rings. The van der Waals surface area contributed by atoms with E-state index in [9.17, 15) is 4.79 Å². The van der Waals surface area contributed by atoms with Gasteiger partial charge in [-0.15, -0.1) is 0 Å². The highest BCUT2D eigenvalue weighted by molar-refractivity contribution is 5.66. The van der Waals surface area contributed by atoms with Gasteiger partial charge in [-0.25, -0.2) is 0 Å². The van der Waals surface area contributed by atoms with Gasteiger partial charge in [0.05, 0.1) is 0 Å². The third-order valence-electron chi connectivity index (χ3n) is 7.92. The predicted molar refractivity (Wildman–Crippen MR) is 152 cm³/mol. The van der Waals surface area contributed by atoms with Crippen LogP contribution in [0.2, 0.25) is 0 Å². The third-order valence-corrected chi connectivity index (χ3v) is 7.92. The fourth-order valence-corrected chi connectivity index (χ4v) is 5.64. The van der Waals surface area contributed by atoms with Crippen LogP contribution in [0.3, 0.4) is 0 Å². The molecule has 34 heavy (non-hydrogen) atoms. The lowest BCUT2D eigenvalue weighted by atomic mass is 9.78. The van der Waals surface area contributed by atoms with Crippen molar-refractivity contribution in [3.05, 3.63) is 0 Å². The molecule has 0 aromatic heterocycles. The van der Waals surface area contributed by atoms with Crippen LogP contribution in [-0.4, -0.2) is 11.1 Å². The van der Waals surface area contributed by atoms with Crippen LogP contribution >= 0.6 is 0 Å². The van der Waals surface area contributed by atoms with Crippen molar-refractivity contribution in [3.63, 3.8) is 0 Å². The van der Waals surface area contributed by atoms with Gasteiger partial charge in [0.15, 0.2) is 0 Å². The summed E-state index contributed by atoms with van der Waals surface area (Å²) in [6.45, 7) is 6.95. The highest BCUT2D eigenvalue weighted by Crippen LogP contribution is 2.33. The highest BCUT2D eigenvalue weighted by atomic mass is 16.4. The molecule has 0 aliphatic carbocycles. The van der Waals surface area contributed by atoms with E-state index < -0.39 is 5.97 Å². The maximum absolute atomic E-state index is 10.8. The number of carboxylic acids is 1. The fraction of sp³-hybridized carbons (Fsp3) is 0.969. The Morgan fingerprint density at radius 1 is 0.441 bits per heavy atom. The normalized spacial score (nSPS) is 13.3. The van der Waals surface area contributed by atoms with E-state index in [1.807, 2.05) is 0 Å². The smallest absolute Gasteiger partial charge is 0.303 e. The van der Waals surface area contributed by atoms with E-state index in [2.05, 4.69) is 20.8 Å². The maximum atomic E-state index is 10.8. The molecule has 0 bridgehead atoms. The molecule has 2 atom stereocenters. The second-order valence-corrected chi connectivity index (χ2v) is 11.2. The van der Waals surface area contributed by atoms with Gasteiger partial charge in [0.25, 0.3) is 0 Å². The second kappa shape index (κ2) is 27.1. The van der Waals surface area contributed by atoms with Crippen molar-refractivity contribution in [1.82, 2.24) is 0 Å². The van der Waals surface area contributed by atoms with E-state index >= 15 is 0 Å². The van der Waals surface area contributed by atoms with Gasteiger partial charge in [0.1, 0.15) is 0 Å². The van der Waals surface area contributed by atoms with Gasteiger partial charge in [0, 0.05) is 6.42 Å². The Bertz CT molecular complexity index is 406. The van der Waals surface area contributed by atoms with E-state index in [0.29, 0.717) is 6.42 Å². The topological polar surface area (TPSA) is 37.3 Å². The molecule has 0 amide bonds. The van der Waals surface area contributed by atoms with E-state index in [0.717, 1.165) is 24.7 Å². The molecule has 0 radical (unpaired) electrons. The number of rotatable bonds is 28. The van der Waals surface area contributed by atoms with E-state index in [-0.39, 0.29) is 0 Å². The van der Waals surface area contributed by atoms with E-state index in [1.165, 1.54) is 148 Å². The number of aliphatic carboxylic acids is 1. The molecule has 204 valence electrons. The van der Waals surface area contributed by atoms with E-state index in [4.69, 9.17) is 5.11 Å². The van der Waals surface area contributed by atoms with Gasteiger partial charge >= 0.3 is 5.97 Å². The van der Waals surface area contributed by atoms with Crippen LogP contribution in [0.1, 0.15) is 188 Å². The molecule has 1 N–H and O–H groups in total. The Hall–Kier alpha value is -0.530. The average molecular weight is 481 g/mol. The van der Waals surface area contributed by atoms with Crippen LogP contribution in [0.25, 0.3) is 0 Å². The van der Waals surface area contributed by atoms with Crippen LogP contribution in [-0.2, 0) is 4.79 Å². The lowest BCUT2D eigenvalue weighted by molar-refractivity contribution is -0.137. The first kappa shape index (κ1) is 33.5. The maximum Gasteiger partial charge on any atom is 0.303 e. The summed E-state index contributed by atoms with van der Waals surface area (Å²) in [5.74, 6) is 1.20. The number of carbonyl (C=O) groups is 1. The molecular formula is C32H64O2. The predicted octanol–water partition coefficient (Wildman–Crippen LogP) is 11.5. The van der Waals surface area contributed by atoms with Crippen molar-refractivity contribution < 1.29 is 9.90 Å². The Morgan fingerprint density at radius 2 is 0.735 bits per heavy atom. The van der Waals surface area contributed by atoms with Gasteiger partial charge in [0.2, 0.25) is 0 Å². The molecule has 0 aliphatic heterocycles. The van der Waals surface area contributed by atoms with Crippen LogP contribution in [0.5, 0.6) is 0 Å². The number of hydrogen-bond acceptors (Lipinski definition) is 1. The van der Waals surface area contributed by atoms with Crippen molar-refractivity contribution in [1.29, 1.82) is 0 Å². The van der Waals surface area contributed by atoms with Gasteiger partial charge in [-0.3, -0.25) is 4.79 Å². The van der Waals surface area contributed by atoms with Gasteiger partial charge < -0.3 is 5.11 Å². The van der Waals surface area contributed by atoms with Gasteiger partial charge in [-0.05, 0) is 18.3 Å². The molecule has 0 heterocycles. The Morgan fingerprint density at radius 3 is 1.09 bits per heavy atom. The molecule has 2 unspecified atom stereocenters. The fourth-order valence-electron chi connectivity index (χ4n) is 5.64. The third kappa shape index (κ3) is 23.2. The van der Waals surface area contributed by atoms with Gasteiger partial charge in [-0.2, -0.15) is 0 Å². The minimum atomic E-state index is -0.637. The molecule has 0 rings (SSSR count). The molecule has 0 aromatic carbocycles. The molecule has 0 saturated carbocycles. The summed E-state index contributed by atoms with van der Waals surface area (Å²) in [7, 11) is 0. The molecule has 0 aromatic rings. The summed E-state index contributed by atoms with van der Waals surface area (Å²) in [5.41, 5.74) is 0. The van der Waals surface area contributed by atoms with Crippen LogP contribution in [0, 0.1) is 11.8 Å². The number of hydrogen-bond donors (Lipinski definition) is 1. The van der Waals surface area contributed by atoms with Crippen molar-refractivity contribution in [2.24, 2.45) is 11.8 Å². The zero-order chi connectivity index (χ0) is 25.1. The number of carboxylic acid groups (broad SMARTS) is 1. The van der Waals surface area contributed by atoms with Crippen molar-refractivity contribution >= 4 is 5.97 Å². The summed E-state index contributed by atoms with van der Waals surface area (Å²) < 4.78 is 0. The summed E-state index contributed by atoms with van der Waals surface area (Å²) in [5, 5.41) is 8.87. The largest absolute Gasteiger partial charge is 0.481 e. The SMILES string of the molecule is CCCCCCCCCCCC(CCCC)C(CCCCCCCC)CCCCCCC(=O)O. The molecular weight excluding hydrogens is 416 g/mol. The summed E-state index contributed by atoms with van der Waals surface area (Å²) >= 11 is 0.